The molecular formula is C16H19N3O. The smallest absolute Gasteiger partial charge is 0.193 e. The van der Waals surface area contributed by atoms with E-state index >= 15 is 0 Å². The van der Waals surface area contributed by atoms with Gasteiger partial charge in [0.25, 0.3) is 0 Å². The van der Waals surface area contributed by atoms with Gasteiger partial charge < -0.3 is 16.2 Å². The number of hydrogen-bond acceptors (Lipinski definition) is 2. The number of anilines is 1. The molecule has 0 spiro atoms. The number of guanidine groups is 1. The molecule has 4 nitrogen and oxygen atoms in total. The van der Waals surface area contributed by atoms with Crippen LogP contribution in [0, 0.1) is 0 Å². The molecule has 0 amide bonds. The number of nitrogens with one attached hydrogen (secondary N) is 1. The fourth-order valence-electron chi connectivity index (χ4n) is 1.91. The minimum Gasteiger partial charge on any atom is -0.396 e. The monoisotopic (exact) mass is 269 g/mol. The fraction of sp³-hybridized carbons (Fsp3) is 0.188. The summed E-state index contributed by atoms with van der Waals surface area (Å²) in [5, 5.41) is 12.5. The standard InChI is InChI=1S/C16H19N3O/c17-16(19-15-9-5-2-6-10-15)18-11-14(12-20)13-7-3-1-4-8-13/h1-10,14,20H,11-12H2,(H3,17,18,19). The maximum Gasteiger partial charge on any atom is 0.193 e. The third-order valence-corrected chi connectivity index (χ3v) is 3.02. The third kappa shape index (κ3) is 4.10. The first-order chi connectivity index (χ1) is 9.79. The number of rotatable bonds is 5. The molecule has 2 aromatic rings. The lowest BCUT2D eigenvalue weighted by Gasteiger charge is -2.12. The molecule has 0 bridgehead atoms. The fourth-order valence-corrected chi connectivity index (χ4v) is 1.91. The van der Waals surface area contributed by atoms with E-state index in [1.807, 2.05) is 60.7 Å². The minimum absolute atomic E-state index is 0.0349. The summed E-state index contributed by atoms with van der Waals surface area (Å²) >= 11 is 0. The molecule has 0 fully saturated rings. The number of nitrogens with two attached hydrogens (primary N) is 1. The number of nitrogens with zero attached hydrogens (tertiary/aromatic N) is 1. The molecule has 104 valence electrons. The van der Waals surface area contributed by atoms with E-state index in [0.717, 1.165) is 11.3 Å². The Bertz CT molecular complexity index is 540. The Labute approximate surface area is 119 Å². The number of benzene rings is 2. The second-order valence-corrected chi connectivity index (χ2v) is 4.51. The number of aliphatic hydroxyl groups is 1. The highest BCUT2D eigenvalue weighted by molar-refractivity contribution is 5.92. The van der Waals surface area contributed by atoms with Crippen LogP contribution in [0.5, 0.6) is 0 Å². The van der Waals surface area contributed by atoms with Crippen molar-refractivity contribution in [3.8, 4) is 0 Å². The summed E-state index contributed by atoms with van der Waals surface area (Å²) in [6, 6.07) is 19.5. The normalized spacial score (nSPS) is 12.9. The average Bonchev–Trinajstić information content (AvgIpc) is 2.50. The van der Waals surface area contributed by atoms with E-state index in [1.54, 1.807) is 0 Å². The summed E-state index contributed by atoms with van der Waals surface area (Å²) in [7, 11) is 0. The van der Waals surface area contributed by atoms with Crippen LogP contribution in [0.2, 0.25) is 0 Å². The van der Waals surface area contributed by atoms with E-state index in [-0.39, 0.29) is 12.5 Å². The van der Waals surface area contributed by atoms with Crippen LogP contribution >= 0.6 is 0 Å². The Balaban J connectivity index is 1.96. The zero-order valence-corrected chi connectivity index (χ0v) is 11.2. The molecule has 0 saturated carbocycles. The van der Waals surface area contributed by atoms with E-state index in [4.69, 9.17) is 5.73 Å². The van der Waals surface area contributed by atoms with Gasteiger partial charge in [-0.05, 0) is 17.7 Å². The number of aliphatic imine (C=N–C) groups is 1. The summed E-state index contributed by atoms with van der Waals surface area (Å²) in [6.45, 7) is 0.498. The quantitative estimate of drug-likeness (QED) is 0.575. The number of para-hydroxylation sites is 1. The summed E-state index contributed by atoms with van der Waals surface area (Å²) in [4.78, 5) is 4.29. The van der Waals surface area contributed by atoms with Crippen molar-refractivity contribution in [2.45, 2.75) is 5.92 Å². The molecule has 0 saturated heterocycles. The topological polar surface area (TPSA) is 70.6 Å². The van der Waals surface area contributed by atoms with Crippen LogP contribution in [0.25, 0.3) is 0 Å². The predicted octanol–water partition coefficient (Wildman–Crippen LogP) is 2.19. The van der Waals surface area contributed by atoms with Crippen LogP contribution in [-0.2, 0) is 0 Å². The molecule has 20 heavy (non-hydrogen) atoms. The highest BCUT2D eigenvalue weighted by atomic mass is 16.3. The van der Waals surface area contributed by atoms with Crippen molar-refractivity contribution in [2.75, 3.05) is 18.5 Å². The zero-order chi connectivity index (χ0) is 14.2. The lowest BCUT2D eigenvalue weighted by atomic mass is 10.0. The average molecular weight is 269 g/mol. The Morgan fingerprint density at radius 2 is 1.65 bits per heavy atom. The zero-order valence-electron chi connectivity index (χ0n) is 11.2. The van der Waals surface area contributed by atoms with Crippen molar-refractivity contribution < 1.29 is 5.11 Å². The molecular weight excluding hydrogens is 250 g/mol. The van der Waals surface area contributed by atoms with Gasteiger partial charge in [0.2, 0.25) is 0 Å². The van der Waals surface area contributed by atoms with E-state index in [2.05, 4.69) is 10.3 Å². The van der Waals surface area contributed by atoms with Gasteiger partial charge in [0, 0.05) is 11.6 Å². The molecule has 2 rings (SSSR count). The van der Waals surface area contributed by atoms with Crippen molar-refractivity contribution in [1.82, 2.24) is 0 Å². The first kappa shape index (κ1) is 14.1. The molecule has 4 N–H and O–H groups in total. The van der Waals surface area contributed by atoms with Crippen LogP contribution in [-0.4, -0.2) is 24.2 Å². The molecule has 2 aromatic carbocycles. The molecule has 0 aromatic heterocycles. The molecule has 0 heterocycles. The SMILES string of the molecule is NC(=NCC(CO)c1ccccc1)Nc1ccccc1. The van der Waals surface area contributed by atoms with E-state index in [9.17, 15) is 5.11 Å². The molecule has 1 unspecified atom stereocenters. The Hall–Kier alpha value is -2.33. The Morgan fingerprint density at radius 1 is 1.05 bits per heavy atom. The van der Waals surface area contributed by atoms with Gasteiger partial charge >= 0.3 is 0 Å². The summed E-state index contributed by atoms with van der Waals surface area (Å²) in [5.41, 5.74) is 7.80. The molecule has 1 atom stereocenters. The molecule has 4 heteroatoms. The summed E-state index contributed by atoms with van der Waals surface area (Å²) in [5.74, 6) is 0.318. The second kappa shape index (κ2) is 7.31. The predicted molar refractivity (Wildman–Crippen MR) is 82.8 cm³/mol. The van der Waals surface area contributed by atoms with E-state index in [0.29, 0.717) is 12.5 Å². The highest BCUT2D eigenvalue weighted by Gasteiger charge is 2.09. The van der Waals surface area contributed by atoms with Crippen LogP contribution in [0.1, 0.15) is 11.5 Å². The minimum atomic E-state index is -0.0349. The lowest BCUT2D eigenvalue weighted by Crippen LogP contribution is -2.24. The van der Waals surface area contributed by atoms with Crippen LogP contribution in [0.4, 0.5) is 5.69 Å². The first-order valence-corrected chi connectivity index (χ1v) is 6.57. The lowest BCUT2D eigenvalue weighted by molar-refractivity contribution is 0.268. The second-order valence-electron chi connectivity index (χ2n) is 4.51. The van der Waals surface area contributed by atoms with Crippen LogP contribution in [0.15, 0.2) is 65.7 Å². The summed E-state index contributed by atoms with van der Waals surface area (Å²) < 4.78 is 0. The Kier molecular flexibility index (Phi) is 5.15. The van der Waals surface area contributed by atoms with Crippen molar-refractivity contribution in [1.29, 1.82) is 0 Å². The summed E-state index contributed by atoms with van der Waals surface area (Å²) in [6.07, 6.45) is 0. The van der Waals surface area contributed by atoms with Gasteiger partial charge in [0.05, 0.1) is 13.2 Å². The van der Waals surface area contributed by atoms with Crippen molar-refractivity contribution in [3.63, 3.8) is 0 Å². The van der Waals surface area contributed by atoms with Crippen molar-refractivity contribution >= 4 is 11.6 Å². The van der Waals surface area contributed by atoms with Gasteiger partial charge in [0.1, 0.15) is 0 Å². The number of hydrogen-bond donors (Lipinski definition) is 3. The van der Waals surface area contributed by atoms with Gasteiger partial charge in [-0.3, -0.25) is 4.99 Å². The van der Waals surface area contributed by atoms with Crippen LogP contribution < -0.4 is 11.1 Å². The van der Waals surface area contributed by atoms with Crippen LogP contribution in [0.3, 0.4) is 0 Å². The highest BCUT2D eigenvalue weighted by Crippen LogP contribution is 2.15. The largest absolute Gasteiger partial charge is 0.396 e. The van der Waals surface area contributed by atoms with Crippen molar-refractivity contribution in [2.24, 2.45) is 10.7 Å². The van der Waals surface area contributed by atoms with Gasteiger partial charge in [-0.1, -0.05) is 48.5 Å². The molecule has 0 aliphatic carbocycles. The number of aliphatic hydroxyl groups excluding tert-OH is 1. The maximum absolute atomic E-state index is 9.45. The first-order valence-electron chi connectivity index (χ1n) is 6.57. The van der Waals surface area contributed by atoms with E-state index in [1.165, 1.54) is 0 Å². The molecule has 0 radical (unpaired) electrons. The van der Waals surface area contributed by atoms with E-state index < -0.39 is 0 Å². The van der Waals surface area contributed by atoms with Crippen molar-refractivity contribution in [3.05, 3.63) is 66.2 Å². The van der Waals surface area contributed by atoms with Gasteiger partial charge in [0.15, 0.2) is 5.96 Å². The maximum atomic E-state index is 9.45. The Morgan fingerprint density at radius 3 is 2.25 bits per heavy atom. The third-order valence-electron chi connectivity index (χ3n) is 3.02. The van der Waals surface area contributed by atoms with Gasteiger partial charge in [-0.15, -0.1) is 0 Å². The molecule has 0 aliphatic rings. The van der Waals surface area contributed by atoms with Gasteiger partial charge in [-0.25, -0.2) is 0 Å². The van der Waals surface area contributed by atoms with Gasteiger partial charge in [-0.2, -0.15) is 0 Å². The molecule has 0 aliphatic heterocycles.